The number of nitro benzene ring substituents is 1. The van der Waals surface area contributed by atoms with Crippen LogP contribution in [0.2, 0.25) is 0 Å². The molecule has 0 fully saturated rings. The number of hydrogen-bond donors (Lipinski definition) is 1. The summed E-state index contributed by atoms with van der Waals surface area (Å²) in [7, 11) is 1.68. The number of hydrogen-bond acceptors (Lipinski definition) is 4. The Labute approximate surface area is 107 Å². The lowest BCUT2D eigenvalue weighted by atomic mass is 10.1. The zero-order valence-electron chi connectivity index (χ0n) is 10.9. The van der Waals surface area contributed by atoms with E-state index in [-0.39, 0.29) is 16.7 Å². The van der Waals surface area contributed by atoms with E-state index in [9.17, 15) is 10.1 Å². The van der Waals surface area contributed by atoms with Gasteiger partial charge in [0.15, 0.2) is 0 Å². The highest BCUT2D eigenvalue weighted by Crippen LogP contribution is 2.24. The highest BCUT2D eigenvalue weighted by Gasteiger charge is 2.17. The van der Waals surface area contributed by atoms with Crippen LogP contribution in [0, 0.1) is 10.1 Å². The Hall–Kier alpha value is -1.46. The first-order valence-electron chi connectivity index (χ1n) is 6.12. The third-order valence-electron chi connectivity index (χ3n) is 2.83. The number of para-hydroxylation sites is 1. The van der Waals surface area contributed by atoms with Gasteiger partial charge in [-0.15, -0.1) is 0 Å². The topological polar surface area (TPSA) is 64.4 Å². The number of unbranched alkanes of at least 4 members (excludes halogenated alkanes) is 1. The summed E-state index contributed by atoms with van der Waals surface area (Å²) < 4.78 is 4.97. The van der Waals surface area contributed by atoms with Gasteiger partial charge in [0.05, 0.1) is 4.92 Å². The number of nitrogens with zero attached hydrogens (tertiary/aromatic N) is 1. The Kier molecular flexibility index (Phi) is 6.32. The van der Waals surface area contributed by atoms with Crippen LogP contribution in [-0.4, -0.2) is 25.2 Å². The van der Waals surface area contributed by atoms with Crippen molar-refractivity contribution in [3.05, 3.63) is 39.9 Å². The zero-order valence-corrected chi connectivity index (χ0v) is 10.9. The fourth-order valence-corrected chi connectivity index (χ4v) is 1.82. The van der Waals surface area contributed by atoms with Crippen molar-refractivity contribution in [1.29, 1.82) is 0 Å². The van der Waals surface area contributed by atoms with Crippen molar-refractivity contribution in [2.75, 3.05) is 20.3 Å². The summed E-state index contributed by atoms with van der Waals surface area (Å²) in [5, 5.41) is 14.2. The van der Waals surface area contributed by atoms with Crippen LogP contribution >= 0.6 is 0 Å². The molecule has 0 radical (unpaired) electrons. The number of ether oxygens (including phenoxy) is 1. The van der Waals surface area contributed by atoms with Gasteiger partial charge in [-0.1, -0.05) is 18.2 Å². The van der Waals surface area contributed by atoms with Gasteiger partial charge in [0.25, 0.3) is 5.69 Å². The largest absolute Gasteiger partial charge is 0.385 e. The molecule has 5 nitrogen and oxygen atoms in total. The molecule has 1 rings (SSSR count). The molecule has 1 N–H and O–H groups in total. The molecule has 0 aromatic heterocycles. The molecule has 0 aliphatic rings. The number of nitro groups is 1. The Bertz CT molecular complexity index is 382. The van der Waals surface area contributed by atoms with E-state index in [2.05, 4.69) is 5.32 Å². The summed E-state index contributed by atoms with van der Waals surface area (Å²) in [5.74, 6) is 0. The van der Waals surface area contributed by atoms with E-state index >= 15 is 0 Å². The van der Waals surface area contributed by atoms with Crippen LogP contribution in [0.3, 0.4) is 0 Å². The molecule has 0 heterocycles. The predicted octanol–water partition coefficient (Wildman–Crippen LogP) is 2.67. The van der Waals surface area contributed by atoms with E-state index in [1.807, 2.05) is 13.0 Å². The lowest BCUT2D eigenvalue weighted by Gasteiger charge is -2.14. The Morgan fingerprint density at radius 2 is 2.11 bits per heavy atom. The van der Waals surface area contributed by atoms with Crippen LogP contribution in [0.4, 0.5) is 5.69 Å². The standard InChI is InChI=1S/C13H20N2O3/c1-11(14-9-5-6-10-18-2)12-7-3-4-8-13(12)15(16)17/h3-4,7-8,11,14H,5-6,9-10H2,1-2H3. The van der Waals surface area contributed by atoms with Gasteiger partial charge in [-0.25, -0.2) is 0 Å². The zero-order chi connectivity index (χ0) is 13.4. The average Bonchev–Trinajstić information content (AvgIpc) is 2.38. The molecule has 1 atom stereocenters. The van der Waals surface area contributed by atoms with Crippen LogP contribution in [0.25, 0.3) is 0 Å². The second-order valence-electron chi connectivity index (χ2n) is 4.19. The SMILES string of the molecule is COCCCCNC(C)c1ccccc1[N+](=O)[O-]. The lowest BCUT2D eigenvalue weighted by Crippen LogP contribution is -2.21. The van der Waals surface area contributed by atoms with Gasteiger partial charge in [-0.05, 0) is 26.3 Å². The Morgan fingerprint density at radius 1 is 1.39 bits per heavy atom. The maximum atomic E-state index is 10.9. The highest BCUT2D eigenvalue weighted by atomic mass is 16.6. The van der Waals surface area contributed by atoms with Gasteiger partial charge in [0, 0.05) is 31.4 Å². The molecular formula is C13H20N2O3. The number of benzene rings is 1. The molecular weight excluding hydrogens is 232 g/mol. The summed E-state index contributed by atoms with van der Waals surface area (Å²) in [6.07, 6.45) is 1.99. The first-order valence-corrected chi connectivity index (χ1v) is 6.12. The summed E-state index contributed by atoms with van der Waals surface area (Å²) >= 11 is 0. The van der Waals surface area contributed by atoms with E-state index in [1.54, 1.807) is 25.3 Å². The first-order chi connectivity index (χ1) is 8.66. The molecule has 0 saturated carbocycles. The smallest absolute Gasteiger partial charge is 0.274 e. The van der Waals surface area contributed by atoms with Crippen molar-refractivity contribution in [2.24, 2.45) is 0 Å². The third kappa shape index (κ3) is 4.43. The van der Waals surface area contributed by atoms with Crippen LogP contribution < -0.4 is 5.32 Å². The predicted molar refractivity (Wildman–Crippen MR) is 70.6 cm³/mol. The van der Waals surface area contributed by atoms with Crippen molar-refractivity contribution >= 4 is 5.69 Å². The monoisotopic (exact) mass is 252 g/mol. The van der Waals surface area contributed by atoms with E-state index < -0.39 is 0 Å². The van der Waals surface area contributed by atoms with E-state index in [0.717, 1.165) is 31.6 Å². The molecule has 1 aromatic carbocycles. The average molecular weight is 252 g/mol. The molecule has 5 heteroatoms. The van der Waals surface area contributed by atoms with Crippen molar-refractivity contribution in [1.82, 2.24) is 5.32 Å². The number of rotatable bonds is 8. The maximum absolute atomic E-state index is 10.9. The minimum absolute atomic E-state index is 0.0193. The van der Waals surface area contributed by atoms with Crippen molar-refractivity contribution < 1.29 is 9.66 Å². The number of methoxy groups -OCH3 is 1. The van der Waals surface area contributed by atoms with Gasteiger partial charge in [-0.2, -0.15) is 0 Å². The van der Waals surface area contributed by atoms with Gasteiger partial charge in [0.1, 0.15) is 0 Å². The third-order valence-corrected chi connectivity index (χ3v) is 2.83. The van der Waals surface area contributed by atoms with Crippen molar-refractivity contribution in [2.45, 2.75) is 25.8 Å². The van der Waals surface area contributed by atoms with E-state index in [1.165, 1.54) is 0 Å². The Morgan fingerprint density at radius 3 is 2.78 bits per heavy atom. The molecule has 0 amide bonds. The summed E-state index contributed by atoms with van der Waals surface area (Å²) in [4.78, 5) is 10.6. The maximum Gasteiger partial charge on any atom is 0.274 e. The van der Waals surface area contributed by atoms with Gasteiger partial charge in [-0.3, -0.25) is 10.1 Å². The normalized spacial score (nSPS) is 12.3. The second-order valence-corrected chi connectivity index (χ2v) is 4.19. The van der Waals surface area contributed by atoms with E-state index in [4.69, 9.17) is 4.74 Å². The van der Waals surface area contributed by atoms with Gasteiger partial charge >= 0.3 is 0 Å². The fraction of sp³-hybridized carbons (Fsp3) is 0.538. The van der Waals surface area contributed by atoms with Crippen LogP contribution in [0.15, 0.2) is 24.3 Å². The molecule has 1 unspecified atom stereocenters. The quantitative estimate of drug-likeness (QED) is 0.439. The summed E-state index contributed by atoms with van der Waals surface area (Å²) in [6, 6.07) is 6.83. The van der Waals surface area contributed by atoms with Crippen molar-refractivity contribution in [3.8, 4) is 0 Å². The van der Waals surface area contributed by atoms with Crippen LogP contribution in [0.1, 0.15) is 31.4 Å². The molecule has 0 spiro atoms. The fourth-order valence-electron chi connectivity index (χ4n) is 1.82. The van der Waals surface area contributed by atoms with Crippen molar-refractivity contribution in [3.63, 3.8) is 0 Å². The minimum Gasteiger partial charge on any atom is -0.385 e. The molecule has 0 bridgehead atoms. The lowest BCUT2D eigenvalue weighted by molar-refractivity contribution is -0.385. The minimum atomic E-state index is -0.335. The van der Waals surface area contributed by atoms with Gasteiger partial charge in [0.2, 0.25) is 0 Å². The first kappa shape index (κ1) is 14.6. The second kappa shape index (κ2) is 7.79. The van der Waals surface area contributed by atoms with Crippen LogP contribution in [-0.2, 0) is 4.74 Å². The Balaban J connectivity index is 2.51. The molecule has 18 heavy (non-hydrogen) atoms. The highest BCUT2D eigenvalue weighted by molar-refractivity contribution is 5.41. The summed E-state index contributed by atoms with van der Waals surface area (Å²) in [5.41, 5.74) is 0.906. The molecule has 0 aliphatic carbocycles. The molecule has 1 aromatic rings. The molecule has 0 saturated heterocycles. The molecule has 100 valence electrons. The van der Waals surface area contributed by atoms with E-state index in [0.29, 0.717) is 0 Å². The molecule has 0 aliphatic heterocycles. The van der Waals surface area contributed by atoms with Crippen LogP contribution in [0.5, 0.6) is 0 Å². The summed E-state index contributed by atoms with van der Waals surface area (Å²) in [6.45, 7) is 3.52. The number of nitrogens with one attached hydrogen (secondary N) is 1. The van der Waals surface area contributed by atoms with Gasteiger partial charge < -0.3 is 10.1 Å².